The average Bonchev–Trinajstić information content (AvgIpc) is 3.16. The SMILES string of the molecule is CCc1ccc(-n2c(=O)c3ccccc3n(CC(=O)Nc3cc(C)[nH]n3)c2=O)cc1. The molecule has 0 radical (unpaired) electrons. The van der Waals surface area contributed by atoms with Gasteiger partial charge in [-0.2, -0.15) is 5.10 Å². The average molecular weight is 403 g/mol. The first-order valence-corrected chi connectivity index (χ1v) is 9.63. The molecule has 0 aliphatic carbocycles. The number of nitrogens with one attached hydrogen (secondary N) is 2. The molecule has 2 heterocycles. The topological polar surface area (TPSA) is 102 Å². The molecule has 0 aliphatic heterocycles. The van der Waals surface area contributed by atoms with Crippen LogP contribution >= 0.6 is 0 Å². The molecule has 4 rings (SSSR count). The minimum atomic E-state index is -0.573. The maximum atomic E-state index is 13.3. The summed E-state index contributed by atoms with van der Waals surface area (Å²) < 4.78 is 2.41. The van der Waals surface area contributed by atoms with Gasteiger partial charge in [0.25, 0.3) is 5.56 Å². The molecule has 1 amide bonds. The van der Waals surface area contributed by atoms with Crippen molar-refractivity contribution in [3.05, 3.63) is 86.7 Å². The van der Waals surface area contributed by atoms with Crippen LogP contribution in [0, 0.1) is 6.92 Å². The fourth-order valence-electron chi connectivity index (χ4n) is 3.39. The number of aryl methyl sites for hydroxylation is 2. The Kier molecular flexibility index (Phi) is 5.05. The first-order chi connectivity index (χ1) is 14.5. The van der Waals surface area contributed by atoms with Crippen LogP contribution in [-0.2, 0) is 17.8 Å². The molecule has 8 nitrogen and oxygen atoms in total. The van der Waals surface area contributed by atoms with Crippen molar-refractivity contribution >= 4 is 22.6 Å². The zero-order chi connectivity index (χ0) is 21.3. The number of rotatable bonds is 5. The number of hydrogen-bond donors (Lipinski definition) is 2. The van der Waals surface area contributed by atoms with E-state index in [1.54, 1.807) is 42.5 Å². The van der Waals surface area contributed by atoms with Crippen molar-refractivity contribution < 1.29 is 4.79 Å². The number of fused-ring (bicyclic) bond motifs is 1. The third kappa shape index (κ3) is 3.55. The van der Waals surface area contributed by atoms with Crippen LogP contribution in [0.15, 0.2) is 64.2 Å². The monoisotopic (exact) mass is 403 g/mol. The molecular formula is C22H21N5O3. The second-order valence-corrected chi connectivity index (χ2v) is 7.03. The van der Waals surface area contributed by atoms with Gasteiger partial charge in [0.1, 0.15) is 6.54 Å². The molecule has 2 aromatic carbocycles. The number of carbonyl (C=O) groups is 1. The fraction of sp³-hybridized carbons (Fsp3) is 0.182. The molecule has 0 atom stereocenters. The molecule has 0 unspecified atom stereocenters. The van der Waals surface area contributed by atoms with Gasteiger partial charge < -0.3 is 5.32 Å². The van der Waals surface area contributed by atoms with Crippen LogP contribution in [0.4, 0.5) is 5.82 Å². The molecular weight excluding hydrogens is 382 g/mol. The molecule has 0 spiro atoms. The molecule has 2 aromatic heterocycles. The van der Waals surface area contributed by atoms with Crippen LogP contribution in [0.5, 0.6) is 0 Å². The first-order valence-electron chi connectivity index (χ1n) is 9.63. The van der Waals surface area contributed by atoms with Crippen molar-refractivity contribution in [2.75, 3.05) is 5.32 Å². The predicted octanol–water partition coefficient (Wildman–Crippen LogP) is 2.39. The summed E-state index contributed by atoms with van der Waals surface area (Å²) in [4.78, 5) is 38.9. The summed E-state index contributed by atoms with van der Waals surface area (Å²) in [5, 5.41) is 9.75. The van der Waals surface area contributed by atoms with Crippen molar-refractivity contribution in [2.24, 2.45) is 0 Å². The van der Waals surface area contributed by atoms with E-state index in [2.05, 4.69) is 15.5 Å². The number of H-pyrrole nitrogens is 1. The number of para-hydroxylation sites is 1. The van der Waals surface area contributed by atoms with E-state index in [0.717, 1.165) is 22.2 Å². The highest BCUT2D eigenvalue weighted by Crippen LogP contribution is 2.12. The van der Waals surface area contributed by atoms with Gasteiger partial charge in [-0.1, -0.05) is 31.2 Å². The van der Waals surface area contributed by atoms with Crippen LogP contribution in [0.2, 0.25) is 0 Å². The van der Waals surface area contributed by atoms with Crippen LogP contribution < -0.4 is 16.6 Å². The van der Waals surface area contributed by atoms with Gasteiger partial charge in [-0.25, -0.2) is 9.36 Å². The maximum Gasteiger partial charge on any atom is 0.336 e. The van der Waals surface area contributed by atoms with Crippen molar-refractivity contribution in [2.45, 2.75) is 26.8 Å². The molecule has 0 aliphatic rings. The van der Waals surface area contributed by atoms with Crippen molar-refractivity contribution in [3.63, 3.8) is 0 Å². The minimum absolute atomic E-state index is 0.251. The Morgan fingerprint density at radius 1 is 1.10 bits per heavy atom. The number of aromatic amines is 1. The van der Waals surface area contributed by atoms with Crippen molar-refractivity contribution in [3.8, 4) is 5.69 Å². The molecule has 30 heavy (non-hydrogen) atoms. The van der Waals surface area contributed by atoms with Gasteiger partial charge in [0.05, 0.1) is 16.6 Å². The Balaban J connectivity index is 1.83. The molecule has 8 heteroatoms. The van der Waals surface area contributed by atoms with Gasteiger partial charge in [0.2, 0.25) is 5.91 Å². The first kappa shape index (κ1) is 19.4. The third-order valence-corrected chi connectivity index (χ3v) is 4.93. The lowest BCUT2D eigenvalue weighted by molar-refractivity contribution is -0.116. The summed E-state index contributed by atoms with van der Waals surface area (Å²) in [5.41, 5.74) is 1.78. The zero-order valence-corrected chi connectivity index (χ0v) is 16.7. The summed E-state index contributed by atoms with van der Waals surface area (Å²) >= 11 is 0. The molecule has 4 aromatic rings. The third-order valence-electron chi connectivity index (χ3n) is 4.93. The molecule has 0 bridgehead atoms. The highest BCUT2D eigenvalue weighted by Gasteiger charge is 2.17. The van der Waals surface area contributed by atoms with Gasteiger partial charge in [-0.15, -0.1) is 0 Å². The molecule has 0 saturated heterocycles. The molecule has 2 N–H and O–H groups in total. The van der Waals surface area contributed by atoms with E-state index < -0.39 is 17.2 Å². The Morgan fingerprint density at radius 3 is 2.50 bits per heavy atom. The van der Waals surface area contributed by atoms with E-state index in [1.165, 1.54) is 4.57 Å². The predicted molar refractivity (Wildman–Crippen MR) is 115 cm³/mol. The number of amides is 1. The zero-order valence-electron chi connectivity index (χ0n) is 16.7. The van der Waals surface area contributed by atoms with Crippen molar-refractivity contribution in [1.29, 1.82) is 0 Å². The van der Waals surface area contributed by atoms with Gasteiger partial charge in [0, 0.05) is 11.8 Å². The van der Waals surface area contributed by atoms with E-state index >= 15 is 0 Å². The van der Waals surface area contributed by atoms with Crippen LogP contribution in [0.1, 0.15) is 18.2 Å². The molecule has 152 valence electrons. The lowest BCUT2D eigenvalue weighted by atomic mass is 10.1. The van der Waals surface area contributed by atoms with Crippen LogP contribution in [-0.4, -0.2) is 25.2 Å². The Morgan fingerprint density at radius 2 is 1.83 bits per heavy atom. The lowest BCUT2D eigenvalue weighted by Crippen LogP contribution is -2.40. The van der Waals surface area contributed by atoms with Gasteiger partial charge in [-0.3, -0.25) is 19.3 Å². The fourth-order valence-corrected chi connectivity index (χ4v) is 3.39. The Labute approximate surface area is 171 Å². The highest BCUT2D eigenvalue weighted by atomic mass is 16.2. The summed E-state index contributed by atoms with van der Waals surface area (Å²) in [5.74, 6) is -0.0430. The quantitative estimate of drug-likeness (QED) is 0.534. The molecule has 0 fully saturated rings. The summed E-state index contributed by atoms with van der Waals surface area (Å²) in [7, 11) is 0. The Bertz CT molecular complexity index is 1350. The summed E-state index contributed by atoms with van der Waals surface area (Å²) in [6, 6.07) is 15.7. The van der Waals surface area contributed by atoms with Crippen molar-refractivity contribution in [1.82, 2.24) is 19.3 Å². The lowest BCUT2D eigenvalue weighted by Gasteiger charge is -2.14. The normalized spacial score (nSPS) is 11.0. The largest absolute Gasteiger partial charge is 0.336 e. The second kappa shape index (κ2) is 7.82. The number of carbonyl (C=O) groups excluding carboxylic acids is 1. The van der Waals surface area contributed by atoms with E-state index in [0.29, 0.717) is 22.4 Å². The Hall–Kier alpha value is -3.94. The number of hydrogen-bond acceptors (Lipinski definition) is 4. The van der Waals surface area contributed by atoms with Crippen LogP contribution in [0.25, 0.3) is 16.6 Å². The standard InChI is InChI=1S/C22H21N5O3/c1-3-15-8-10-16(11-9-15)27-21(29)17-6-4-5-7-18(17)26(22(27)30)13-20(28)23-19-12-14(2)24-25-19/h4-12H,3,13H2,1-2H3,(H2,23,24,25,28). The summed E-state index contributed by atoms with van der Waals surface area (Å²) in [6.07, 6.45) is 0.851. The molecule has 0 saturated carbocycles. The van der Waals surface area contributed by atoms with Gasteiger partial charge in [-0.05, 0) is 43.2 Å². The maximum absolute atomic E-state index is 13.3. The van der Waals surface area contributed by atoms with Gasteiger partial charge in [0.15, 0.2) is 5.82 Å². The number of anilines is 1. The van der Waals surface area contributed by atoms with E-state index in [-0.39, 0.29) is 6.54 Å². The van der Waals surface area contributed by atoms with E-state index in [9.17, 15) is 14.4 Å². The highest BCUT2D eigenvalue weighted by molar-refractivity contribution is 5.90. The van der Waals surface area contributed by atoms with Gasteiger partial charge >= 0.3 is 5.69 Å². The number of aromatic nitrogens is 4. The minimum Gasteiger partial charge on any atom is -0.308 e. The summed E-state index contributed by atoms with van der Waals surface area (Å²) in [6.45, 7) is 3.60. The van der Waals surface area contributed by atoms with Crippen LogP contribution in [0.3, 0.4) is 0 Å². The van der Waals surface area contributed by atoms with E-state index in [1.807, 2.05) is 26.0 Å². The number of benzene rings is 2. The smallest absolute Gasteiger partial charge is 0.308 e. The number of nitrogens with zero attached hydrogens (tertiary/aromatic N) is 3. The van der Waals surface area contributed by atoms with E-state index in [4.69, 9.17) is 0 Å². The second-order valence-electron chi connectivity index (χ2n) is 7.03.